The minimum Gasteiger partial charge on any atom is -0.494 e. The van der Waals surface area contributed by atoms with Crippen molar-refractivity contribution < 1.29 is 27.0 Å². The van der Waals surface area contributed by atoms with Crippen molar-refractivity contribution in [3.05, 3.63) is 95.8 Å². The molecule has 0 aromatic heterocycles. The number of ether oxygens (including phenoxy) is 2. The van der Waals surface area contributed by atoms with Gasteiger partial charge in [-0.05, 0) is 60.9 Å². The average Bonchev–Trinajstić information content (AvgIpc) is 2.74. The van der Waals surface area contributed by atoms with Crippen LogP contribution in [0.25, 0.3) is 6.08 Å². The maximum absolute atomic E-state index is 14.1. The van der Waals surface area contributed by atoms with Gasteiger partial charge in [0.05, 0.1) is 12.5 Å². The molecule has 0 N–H and O–H groups in total. The van der Waals surface area contributed by atoms with Crippen molar-refractivity contribution in [2.45, 2.75) is 25.4 Å². The highest BCUT2D eigenvalue weighted by Gasteiger charge is 2.39. The zero-order chi connectivity index (χ0) is 22.3. The van der Waals surface area contributed by atoms with Gasteiger partial charge >= 0.3 is 6.18 Å². The first-order valence-electron chi connectivity index (χ1n) is 9.85. The molecule has 162 valence electrons. The molecule has 6 heteroatoms. The van der Waals surface area contributed by atoms with Gasteiger partial charge in [-0.15, -0.1) is 0 Å². The molecule has 0 aliphatic heterocycles. The van der Waals surface area contributed by atoms with Crippen LogP contribution in [0.2, 0.25) is 0 Å². The normalized spacial score (nSPS) is 12.7. The lowest BCUT2D eigenvalue weighted by Gasteiger charge is -2.19. The van der Waals surface area contributed by atoms with Crippen molar-refractivity contribution in [1.82, 2.24) is 0 Å². The van der Waals surface area contributed by atoms with E-state index in [1.165, 1.54) is 54.6 Å². The smallest absolute Gasteiger partial charge is 0.396 e. The zero-order valence-electron chi connectivity index (χ0n) is 16.9. The van der Waals surface area contributed by atoms with E-state index in [0.717, 1.165) is 0 Å². The van der Waals surface area contributed by atoms with Crippen LogP contribution in [0, 0.1) is 5.82 Å². The van der Waals surface area contributed by atoms with Crippen molar-refractivity contribution in [3.63, 3.8) is 0 Å². The maximum atomic E-state index is 14.1. The molecule has 2 nitrogen and oxygen atoms in total. The minimum absolute atomic E-state index is 0.00670. The van der Waals surface area contributed by atoms with Gasteiger partial charge in [0.2, 0.25) is 0 Å². The van der Waals surface area contributed by atoms with Gasteiger partial charge in [-0.2, -0.15) is 13.2 Å². The zero-order valence-corrected chi connectivity index (χ0v) is 16.9. The summed E-state index contributed by atoms with van der Waals surface area (Å²) in [6.07, 6.45) is -1.68. The highest BCUT2D eigenvalue weighted by molar-refractivity contribution is 5.53. The van der Waals surface area contributed by atoms with E-state index in [9.17, 15) is 17.6 Å². The Morgan fingerprint density at radius 3 is 2.26 bits per heavy atom. The summed E-state index contributed by atoms with van der Waals surface area (Å²) in [7, 11) is 0. The third kappa shape index (κ3) is 6.35. The molecular formula is C25H22F4O2. The number of para-hydroxylation sites is 1. The first kappa shape index (κ1) is 22.4. The van der Waals surface area contributed by atoms with Gasteiger partial charge in [0, 0.05) is 0 Å². The van der Waals surface area contributed by atoms with Crippen LogP contribution >= 0.6 is 0 Å². The maximum Gasteiger partial charge on any atom is 0.396 e. The lowest BCUT2D eigenvalue weighted by molar-refractivity contribution is -0.149. The predicted octanol–water partition coefficient (Wildman–Crippen LogP) is 7.77. The van der Waals surface area contributed by atoms with E-state index in [1.54, 1.807) is 24.3 Å². The van der Waals surface area contributed by atoms with Crippen LogP contribution < -0.4 is 9.47 Å². The van der Waals surface area contributed by atoms with Crippen LogP contribution in [0.1, 0.15) is 30.4 Å². The van der Waals surface area contributed by atoms with Gasteiger partial charge in [0.15, 0.2) is 11.6 Å². The van der Waals surface area contributed by atoms with Gasteiger partial charge < -0.3 is 9.47 Å². The van der Waals surface area contributed by atoms with Crippen LogP contribution in [0.5, 0.6) is 17.2 Å². The molecule has 0 radical (unpaired) electrons. The van der Waals surface area contributed by atoms with Crippen molar-refractivity contribution in [2.24, 2.45) is 0 Å². The SMILES string of the molecule is CCOc1ccc(C(CC=Cc2ccc(F)c(Oc3ccccc3)c2)C(F)(F)F)cc1. The first-order chi connectivity index (χ1) is 14.9. The average molecular weight is 430 g/mol. The van der Waals surface area contributed by atoms with Crippen molar-refractivity contribution >= 4 is 6.08 Å². The van der Waals surface area contributed by atoms with Gasteiger partial charge in [-0.3, -0.25) is 0 Å². The number of alkyl halides is 3. The predicted molar refractivity (Wildman–Crippen MR) is 113 cm³/mol. The van der Waals surface area contributed by atoms with Crippen molar-refractivity contribution in [2.75, 3.05) is 6.61 Å². The summed E-state index contributed by atoms with van der Waals surface area (Å²) in [6, 6.07) is 18.8. The number of benzene rings is 3. The quantitative estimate of drug-likeness (QED) is 0.340. The van der Waals surface area contributed by atoms with Gasteiger partial charge in [-0.25, -0.2) is 4.39 Å². The molecule has 0 spiro atoms. The lowest BCUT2D eigenvalue weighted by atomic mass is 9.94. The molecule has 3 aromatic rings. The summed E-state index contributed by atoms with van der Waals surface area (Å²) in [6.45, 7) is 2.25. The number of allylic oxidation sites excluding steroid dienone is 1. The fourth-order valence-electron chi connectivity index (χ4n) is 3.08. The molecular weight excluding hydrogens is 408 g/mol. The second kappa shape index (κ2) is 10.2. The summed E-state index contributed by atoms with van der Waals surface area (Å²) in [5.41, 5.74) is 0.702. The fraction of sp³-hybridized carbons (Fsp3) is 0.200. The highest BCUT2D eigenvalue weighted by atomic mass is 19.4. The number of halogens is 4. The highest BCUT2D eigenvalue weighted by Crippen LogP contribution is 2.38. The summed E-state index contributed by atoms with van der Waals surface area (Å²) >= 11 is 0. The topological polar surface area (TPSA) is 18.5 Å². The van der Waals surface area contributed by atoms with E-state index in [2.05, 4.69) is 0 Å². The molecule has 0 aliphatic rings. The Labute approximate surface area is 178 Å². The Morgan fingerprint density at radius 1 is 0.903 bits per heavy atom. The third-order valence-corrected chi connectivity index (χ3v) is 4.60. The van der Waals surface area contributed by atoms with Crippen LogP contribution in [0.15, 0.2) is 78.9 Å². The van der Waals surface area contributed by atoms with Gasteiger partial charge in [0.1, 0.15) is 11.5 Å². The van der Waals surface area contributed by atoms with Crippen molar-refractivity contribution in [1.29, 1.82) is 0 Å². The molecule has 1 atom stereocenters. The number of hydrogen-bond donors (Lipinski definition) is 0. The van der Waals surface area contributed by atoms with E-state index in [4.69, 9.17) is 9.47 Å². The Hall–Kier alpha value is -3.28. The fourth-order valence-corrected chi connectivity index (χ4v) is 3.08. The Balaban J connectivity index is 1.74. The molecule has 0 aliphatic carbocycles. The summed E-state index contributed by atoms with van der Waals surface area (Å²) < 4.78 is 65.7. The van der Waals surface area contributed by atoms with Crippen LogP contribution in [0.4, 0.5) is 17.6 Å². The molecule has 1 unspecified atom stereocenters. The molecule has 3 rings (SSSR count). The molecule has 0 bridgehead atoms. The van der Waals surface area contributed by atoms with Gasteiger partial charge in [-0.1, -0.05) is 48.6 Å². The molecule has 0 heterocycles. The van der Waals surface area contributed by atoms with E-state index < -0.39 is 17.9 Å². The molecule has 0 saturated heterocycles. The monoisotopic (exact) mass is 430 g/mol. The lowest BCUT2D eigenvalue weighted by Crippen LogP contribution is -2.20. The van der Waals surface area contributed by atoms with E-state index >= 15 is 0 Å². The molecule has 31 heavy (non-hydrogen) atoms. The molecule has 0 saturated carbocycles. The van der Waals surface area contributed by atoms with Crippen LogP contribution in [0.3, 0.4) is 0 Å². The minimum atomic E-state index is -4.40. The Kier molecular flexibility index (Phi) is 7.34. The third-order valence-electron chi connectivity index (χ3n) is 4.60. The van der Waals surface area contributed by atoms with Crippen LogP contribution in [-0.2, 0) is 0 Å². The van der Waals surface area contributed by atoms with Crippen LogP contribution in [-0.4, -0.2) is 12.8 Å². The summed E-state index contributed by atoms with van der Waals surface area (Å²) in [5, 5.41) is 0. The molecule has 0 amide bonds. The largest absolute Gasteiger partial charge is 0.494 e. The second-order valence-corrected chi connectivity index (χ2v) is 6.84. The van der Waals surface area contributed by atoms with E-state index in [0.29, 0.717) is 23.7 Å². The van der Waals surface area contributed by atoms with E-state index in [-0.39, 0.29) is 17.7 Å². The van der Waals surface area contributed by atoms with Crippen molar-refractivity contribution in [3.8, 4) is 17.2 Å². The summed E-state index contributed by atoms with van der Waals surface area (Å²) in [5.74, 6) is -1.20. The number of rotatable bonds is 8. The first-order valence-corrected chi connectivity index (χ1v) is 9.85. The Morgan fingerprint density at radius 2 is 1.61 bits per heavy atom. The summed E-state index contributed by atoms with van der Waals surface area (Å²) in [4.78, 5) is 0. The molecule has 3 aromatic carbocycles. The Bertz CT molecular complexity index is 996. The van der Waals surface area contributed by atoms with Gasteiger partial charge in [0.25, 0.3) is 0 Å². The molecule has 0 fully saturated rings. The standard InChI is InChI=1S/C25H22F4O2/c1-2-30-20-14-12-19(13-15-20)22(25(27,28)29)10-6-7-18-11-16-23(26)24(17-18)31-21-8-4-3-5-9-21/h3-9,11-17,22H,2,10H2,1H3. The van der Waals surface area contributed by atoms with E-state index in [1.807, 2.05) is 13.0 Å². The second-order valence-electron chi connectivity index (χ2n) is 6.84. The number of hydrogen-bond acceptors (Lipinski definition) is 2.